The van der Waals surface area contributed by atoms with Gasteiger partial charge in [-0.3, -0.25) is 0 Å². The summed E-state index contributed by atoms with van der Waals surface area (Å²) in [6.45, 7) is 9.47. The molecule has 0 saturated carbocycles. The van der Waals surface area contributed by atoms with E-state index in [1.807, 2.05) is 0 Å². The number of hydrogen-bond donors (Lipinski definition) is 1. The second-order valence-electron chi connectivity index (χ2n) is 6.01. The van der Waals surface area contributed by atoms with Crippen LogP contribution in [0.3, 0.4) is 0 Å². The number of hydrogen-bond acceptors (Lipinski definition) is 2. The molecule has 0 aliphatic carbocycles. The van der Waals surface area contributed by atoms with Gasteiger partial charge in [-0.1, -0.05) is 44.9 Å². The van der Waals surface area contributed by atoms with E-state index in [0.29, 0.717) is 5.92 Å². The van der Waals surface area contributed by atoms with Gasteiger partial charge in [-0.15, -0.1) is 0 Å². The maximum absolute atomic E-state index is 3.53. The van der Waals surface area contributed by atoms with Crippen molar-refractivity contribution < 1.29 is 0 Å². The molecule has 2 rings (SSSR count). The average molecular weight is 274 g/mol. The predicted molar refractivity (Wildman–Crippen MR) is 88.5 cm³/mol. The number of nitrogens with one attached hydrogen (secondary N) is 1. The van der Waals surface area contributed by atoms with Gasteiger partial charge in [-0.05, 0) is 44.0 Å². The van der Waals surface area contributed by atoms with E-state index in [1.165, 1.54) is 63.0 Å². The molecule has 1 aliphatic rings. The number of unbranched alkanes of at least 4 members (excludes halogenated alkanes) is 2. The summed E-state index contributed by atoms with van der Waals surface area (Å²) in [5.74, 6) is 0.709. The summed E-state index contributed by atoms with van der Waals surface area (Å²) in [6.07, 6.45) is 6.52. The SMILES string of the molecule is CCCCN(CCCC)CC1CCNc2ccccc21. The summed E-state index contributed by atoms with van der Waals surface area (Å²) in [6, 6.07) is 8.86. The molecule has 2 heteroatoms. The Morgan fingerprint density at radius 2 is 1.80 bits per heavy atom. The molecule has 1 aliphatic heterocycles. The summed E-state index contributed by atoms with van der Waals surface area (Å²) in [4.78, 5) is 2.69. The molecule has 2 nitrogen and oxygen atoms in total. The lowest BCUT2D eigenvalue weighted by Crippen LogP contribution is -2.33. The Morgan fingerprint density at radius 3 is 2.50 bits per heavy atom. The van der Waals surface area contributed by atoms with Crippen LogP contribution in [0.4, 0.5) is 5.69 Å². The monoisotopic (exact) mass is 274 g/mol. The number of nitrogens with zero attached hydrogens (tertiary/aromatic N) is 1. The molecule has 1 heterocycles. The zero-order valence-corrected chi connectivity index (χ0v) is 13.2. The molecule has 0 saturated heterocycles. The van der Waals surface area contributed by atoms with Gasteiger partial charge in [0.05, 0.1) is 0 Å². The van der Waals surface area contributed by atoms with Gasteiger partial charge < -0.3 is 10.2 Å². The highest BCUT2D eigenvalue weighted by atomic mass is 15.1. The van der Waals surface area contributed by atoms with Crippen LogP contribution in [0.1, 0.15) is 57.4 Å². The minimum Gasteiger partial charge on any atom is -0.385 e. The lowest BCUT2D eigenvalue weighted by molar-refractivity contribution is 0.245. The van der Waals surface area contributed by atoms with Crippen LogP contribution in [0.5, 0.6) is 0 Å². The van der Waals surface area contributed by atoms with Crippen molar-refractivity contribution >= 4 is 5.69 Å². The van der Waals surface area contributed by atoms with Crippen molar-refractivity contribution in [1.82, 2.24) is 4.90 Å². The van der Waals surface area contributed by atoms with Crippen molar-refractivity contribution in [3.05, 3.63) is 29.8 Å². The fraction of sp³-hybridized carbons (Fsp3) is 0.667. The molecule has 1 N–H and O–H groups in total. The molecule has 1 atom stereocenters. The molecule has 1 unspecified atom stereocenters. The van der Waals surface area contributed by atoms with Crippen LogP contribution in [-0.4, -0.2) is 31.1 Å². The Kier molecular flexibility index (Phi) is 6.38. The van der Waals surface area contributed by atoms with Gasteiger partial charge in [0.25, 0.3) is 0 Å². The molecule has 1 aromatic rings. The molecule has 0 bridgehead atoms. The number of rotatable bonds is 8. The smallest absolute Gasteiger partial charge is 0.0376 e. The van der Waals surface area contributed by atoms with Crippen LogP contribution in [0.25, 0.3) is 0 Å². The topological polar surface area (TPSA) is 15.3 Å². The van der Waals surface area contributed by atoms with Crippen LogP contribution < -0.4 is 5.32 Å². The normalized spacial score (nSPS) is 17.9. The maximum atomic E-state index is 3.53. The first-order valence-electron chi connectivity index (χ1n) is 8.40. The minimum atomic E-state index is 0.709. The van der Waals surface area contributed by atoms with E-state index in [1.54, 1.807) is 0 Å². The summed E-state index contributed by atoms with van der Waals surface area (Å²) in [7, 11) is 0. The molecule has 0 fully saturated rings. The highest BCUT2D eigenvalue weighted by Crippen LogP contribution is 2.31. The Hall–Kier alpha value is -1.02. The summed E-state index contributed by atoms with van der Waals surface area (Å²) < 4.78 is 0. The lowest BCUT2D eigenvalue weighted by atomic mass is 9.90. The van der Waals surface area contributed by atoms with Gasteiger partial charge in [0.2, 0.25) is 0 Å². The first-order chi connectivity index (χ1) is 9.85. The van der Waals surface area contributed by atoms with E-state index in [2.05, 4.69) is 48.3 Å². The summed E-state index contributed by atoms with van der Waals surface area (Å²) >= 11 is 0. The maximum Gasteiger partial charge on any atom is 0.0376 e. The number of fused-ring (bicyclic) bond motifs is 1. The molecular formula is C18H30N2. The zero-order valence-electron chi connectivity index (χ0n) is 13.2. The highest BCUT2D eigenvalue weighted by molar-refractivity contribution is 5.54. The first-order valence-corrected chi connectivity index (χ1v) is 8.40. The Bertz CT molecular complexity index is 381. The quantitative estimate of drug-likeness (QED) is 0.751. The number of benzene rings is 1. The van der Waals surface area contributed by atoms with E-state index in [0.717, 1.165) is 6.54 Å². The second kappa shape index (κ2) is 8.31. The lowest BCUT2D eigenvalue weighted by Gasteiger charge is -2.32. The fourth-order valence-electron chi connectivity index (χ4n) is 3.11. The van der Waals surface area contributed by atoms with Crippen molar-refractivity contribution in [2.45, 2.75) is 51.9 Å². The molecule has 20 heavy (non-hydrogen) atoms. The van der Waals surface area contributed by atoms with Gasteiger partial charge in [-0.2, -0.15) is 0 Å². The second-order valence-corrected chi connectivity index (χ2v) is 6.01. The van der Waals surface area contributed by atoms with E-state index >= 15 is 0 Å². The van der Waals surface area contributed by atoms with Crippen LogP contribution in [-0.2, 0) is 0 Å². The standard InChI is InChI=1S/C18H30N2/c1-3-5-13-20(14-6-4-2)15-16-11-12-19-18-10-8-7-9-17(16)18/h7-10,16,19H,3-6,11-15H2,1-2H3. The van der Waals surface area contributed by atoms with Crippen molar-refractivity contribution in [2.75, 3.05) is 31.5 Å². The number of para-hydroxylation sites is 1. The first kappa shape index (κ1) is 15.4. The predicted octanol–water partition coefficient (Wildman–Crippen LogP) is 4.49. The zero-order chi connectivity index (χ0) is 14.2. The molecule has 0 spiro atoms. The Labute approximate surface area is 124 Å². The average Bonchev–Trinajstić information content (AvgIpc) is 2.50. The molecule has 1 aromatic carbocycles. The van der Waals surface area contributed by atoms with Crippen LogP contribution in [0.2, 0.25) is 0 Å². The molecule has 0 radical (unpaired) electrons. The molecular weight excluding hydrogens is 244 g/mol. The van der Waals surface area contributed by atoms with Crippen molar-refractivity contribution in [3.63, 3.8) is 0 Å². The van der Waals surface area contributed by atoms with Crippen LogP contribution >= 0.6 is 0 Å². The van der Waals surface area contributed by atoms with Crippen molar-refractivity contribution in [3.8, 4) is 0 Å². The highest BCUT2D eigenvalue weighted by Gasteiger charge is 2.21. The van der Waals surface area contributed by atoms with Crippen LogP contribution in [0.15, 0.2) is 24.3 Å². The molecule has 112 valence electrons. The van der Waals surface area contributed by atoms with Crippen LogP contribution in [0, 0.1) is 0 Å². The van der Waals surface area contributed by atoms with Crippen molar-refractivity contribution in [1.29, 1.82) is 0 Å². The Balaban J connectivity index is 1.99. The van der Waals surface area contributed by atoms with Gasteiger partial charge in [0.1, 0.15) is 0 Å². The Morgan fingerprint density at radius 1 is 1.10 bits per heavy atom. The van der Waals surface area contributed by atoms with Gasteiger partial charge in [-0.25, -0.2) is 0 Å². The van der Waals surface area contributed by atoms with E-state index in [9.17, 15) is 0 Å². The molecule has 0 aromatic heterocycles. The van der Waals surface area contributed by atoms with E-state index < -0.39 is 0 Å². The minimum absolute atomic E-state index is 0.709. The van der Waals surface area contributed by atoms with Gasteiger partial charge >= 0.3 is 0 Å². The summed E-state index contributed by atoms with van der Waals surface area (Å²) in [5.41, 5.74) is 2.88. The third kappa shape index (κ3) is 4.24. The third-order valence-corrected chi connectivity index (χ3v) is 4.34. The van der Waals surface area contributed by atoms with Crippen molar-refractivity contribution in [2.24, 2.45) is 0 Å². The molecule has 0 amide bonds. The van der Waals surface area contributed by atoms with E-state index in [-0.39, 0.29) is 0 Å². The van der Waals surface area contributed by atoms with Gasteiger partial charge in [0.15, 0.2) is 0 Å². The summed E-state index contributed by atoms with van der Waals surface area (Å²) in [5, 5.41) is 3.53. The number of anilines is 1. The van der Waals surface area contributed by atoms with E-state index in [4.69, 9.17) is 0 Å². The fourth-order valence-corrected chi connectivity index (χ4v) is 3.11. The largest absolute Gasteiger partial charge is 0.385 e. The van der Waals surface area contributed by atoms with Gasteiger partial charge in [0, 0.05) is 24.7 Å². The third-order valence-electron chi connectivity index (χ3n) is 4.34.